The predicted molar refractivity (Wildman–Crippen MR) is 73.1 cm³/mol. The third-order valence-corrected chi connectivity index (χ3v) is 6.23. The van der Waals surface area contributed by atoms with E-state index in [-0.39, 0.29) is 0 Å². The molecule has 0 amide bonds. The molecule has 0 atom stereocenters. The average molecular weight is 246 g/mol. The lowest BCUT2D eigenvalue weighted by Crippen LogP contribution is -2.63. The zero-order valence-corrected chi connectivity index (χ0v) is 11.7. The normalized spacial score (nSPS) is 38.8. The molecular formula is C16H26N2. The summed E-state index contributed by atoms with van der Waals surface area (Å²) >= 11 is 0. The number of likely N-dealkylation sites (tertiary alicyclic amines) is 1. The molecule has 0 aromatic rings. The van der Waals surface area contributed by atoms with Crippen LogP contribution in [0.25, 0.3) is 0 Å². The van der Waals surface area contributed by atoms with Crippen LogP contribution in [0.4, 0.5) is 0 Å². The number of hydrogen-bond donors (Lipinski definition) is 0. The molecule has 3 fully saturated rings. The van der Waals surface area contributed by atoms with E-state index in [1.54, 1.807) is 0 Å². The molecule has 0 bridgehead atoms. The molecular weight excluding hydrogens is 220 g/mol. The summed E-state index contributed by atoms with van der Waals surface area (Å²) in [6, 6.07) is 3.26. The Bertz CT molecular complexity index is 335. The highest BCUT2D eigenvalue weighted by Crippen LogP contribution is 2.51. The standard InChI is InChI=1S/C16H26N2/c1-2-15(10-11-17)8-4-14(5-9-15)18-12-16(13-18)6-3-7-16/h14H,2-10,12-13H2,1H3. The van der Waals surface area contributed by atoms with E-state index in [0.29, 0.717) is 5.41 Å². The van der Waals surface area contributed by atoms with Crippen molar-refractivity contribution < 1.29 is 0 Å². The van der Waals surface area contributed by atoms with Crippen molar-refractivity contribution in [2.24, 2.45) is 10.8 Å². The Morgan fingerprint density at radius 1 is 1.17 bits per heavy atom. The van der Waals surface area contributed by atoms with Crippen LogP contribution >= 0.6 is 0 Å². The van der Waals surface area contributed by atoms with Crippen LogP contribution in [0.1, 0.15) is 64.7 Å². The Balaban J connectivity index is 1.50. The van der Waals surface area contributed by atoms with E-state index in [2.05, 4.69) is 17.9 Å². The lowest BCUT2D eigenvalue weighted by molar-refractivity contribution is -0.0959. The average Bonchev–Trinajstić information content (AvgIpc) is 2.28. The van der Waals surface area contributed by atoms with Crippen LogP contribution in [0.2, 0.25) is 0 Å². The second-order valence-electron chi connectivity index (χ2n) is 7.18. The fourth-order valence-corrected chi connectivity index (χ4v) is 4.47. The Labute approximate surface area is 111 Å². The molecule has 0 N–H and O–H groups in total. The second kappa shape index (κ2) is 4.53. The number of rotatable bonds is 3. The fourth-order valence-electron chi connectivity index (χ4n) is 4.47. The first-order valence-electron chi connectivity index (χ1n) is 7.82. The Hall–Kier alpha value is -0.550. The van der Waals surface area contributed by atoms with Gasteiger partial charge >= 0.3 is 0 Å². The molecule has 0 aromatic carbocycles. The molecule has 3 rings (SSSR count). The van der Waals surface area contributed by atoms with Gasteiger partial charge in [-0.3, -0.25) is 4.90 Å². The molecule has 100 valence electrons. The summed E-state index contributed by atoms with van der Waals surface area (Å²) in [4.78, 5) is 2.74. The maximum absolute atomic E-state index is 8.99. The molecule has 2 aliphatic carbocycles. The zero-order valence-electron chi connectivity index (χ0n) is 11.7. The minimum absolute atomic E-state index is 0.365. The molecule has 2 saturated carbocycles. The minimum Gasteiger partial charge on any atom is -0.299 e. The van der Waals surface area contributed by atoms with Gasteiger partial charge in [0.25, 0.3) is 0 Å². The van der Waals surface area contributed by atoms with Crippen molar-refractivity contribution in [1.82, 2.24) is 4.90 Å². The molecule has 1 spiro atoms. The molecule has 0 radical (unpaired) electrons. The van der Waals surface area contributed by atoms with Crippen LogP contribution in [0, 0.1) is 22.2 Å². The van der Waals surface area contributed by atoms with Crippen LogP contribution in [0.15, 0.2) is 0 Å². The Morgan fingerprint density at radius 2 is 1.83 bits per heavy atom. The van der Waals surface area contributed by atoms with Gasteiger partial charge in [0.1, 0.15) is 0 Å². The minimum atomic E-state index is 0.365. The van der Waals surface area contributed by atoms with Crippen LogP contribution in [-0.2, 0) is 0 Å². The highest BCUT2D eigenvalue weighted by molar-refractivity contribution is 5.04. The molecule has 1 heterocycles. The molecule has 0 unspecified atom stereocenters. The highest BCUT2D eigenvalue weighted by Gasteiger charge is 2.49. The van der Waals surface area contributed by atoms with Crippen LogP contribution in [0.3, 0.4) is 0 Å². The quantitative estimate of drug-likeness (QED) is 0.758. The molecule has 2 heteroatoms. The van der Waals surface area contributed by atoms with Crippen LogP contribution in [0.5, 0.6) is 0 Å². The van der Waals surface area contributed by atoms with Gasteiger partial charge in [-0.1, -0.05) is 13.3 Å². The summed E-state index contributed by atoms with van der Waals surface area (Å²) < 4.78 is 0. The van der Waals surface area contributed by atoms with Gasteiger partial charge in [0, 0.05) is 25.6 Å². The molecule has 3 aliphatic rings. The highest BCUT2D eigenvalue weighted by atomic mass is 15.2. The summed E-state index contributed by atoms with van der Waals surface area (Å²) in [5.74, 6) is 0. The summed E-state index contributed by atoms with van der Waals surface area (Å²) in [5.41, 5.74) is 1.14. The van der Waals surface area contributed by atoms with Crippen LogP contribution in [-0.4, -0.2) is 24.0 Å². The zero-order chi connectivity index (χ0) is 12.6. The molecule has 1 saturated heterocycles. The van der Waals surface area contributed by atoms with E-state index >= 15 is 0 Å². The lowest BCUT2D eigenvalue weighted by atomic mass is 9.62. The summed E-state index contributed by atoms with van der Waals surface area (Å²) in [6.45, 7) is 5.04. The van der Waals surface area contributed by atoms with Gasteiger partial charge in [0.05, 0.1) is 6.07 Å². The summed E-state index contributed by atoms with van der Waals surface area (Å²) in [6.07, 6.45) is 11.7. The van der Waals surface area contributed by atoms with E-state index < -0.39 is 0 Å². The van der Waals surface area contributed by atoms with Crippen molar-refractivity contribution in [3.05, 3.63) is 0 Å². The Kier molecular flexibility index (Phi) is 3.14. The third kappa shape index (κ3) is 1.97. The summed E-state index contributed by atoms with van der Waals surface area (Å²) in [7, 11) is 0. The number of hydrogen-bond acceptors (Lipinski definition) is 2. The van der Waals surface area contributed by atoms with Gasteiger partial charge < -0.3 is 0 Å². The van der Waals surface area contributed by atoms with E-state index in [1.807, 2.05) is 0 Å². The molecule has 1 aliphatic heterocycles. The first-order chi connectivity index (χ1) is 8.71. The van der Waals surface area contributed by atoms with Crippen LogP contribution < -0.4 is 0 Å². The van der Waals surface area contributed by atoms with Crippen molar-refractivity contribution >= 4 is 0 Å². The van der Waals surface area contributed by atoms with Crippen molar-refractivity contribution in [2.75, 3.05) is 13.1 Å². The van der Waals surface area contributed by atoms with E-state index in [4.69, 9.17) is 5.26 Å². The molecule has 2 nitrogen and oxygen atoms in total. The number of nitriles is 1. The Morgan fingerprint density at radius 3 is 2.28 bits per heavy atom. The fraction of sp³-hybridized carbons (Fsp3) is 0.938. The second-order valence-corrected chi connectivity index (χ2v) is 7.18. The monoisotopic (exact) mass is 246 g/mol. The van der Waals surface area contributed by atoms with Gasteiger partial charge in [-0.15, -0.1) is 0 Å². The predicted octanol–water partition coefficient (Wildman–Crippen LogP) is 3.72. The van der Waals surface area contributed by atoms with Crippen molar-refractivity contribution in [3.63, 3.8) is 0 Å². The van der Waals surface area contributed by atoms with Crippen molar-refractivity contribution in [1.29, 1.82) is 5.26 Å². The first-order valence-corrected chi connectivity index (χ1v) is 7.82. The largest absolute Gasteiger partial charge is 0.299 e. The number of nitrogens with zero attached hydrogens (tertiary/aromatic N) is 2. The van der Waals surface area contributed by atoms with Gasteiger partial charge in [0.2, 0.25) is 0 Å². The maximum Gasteiger partial charge on any atom is 0.0627 e. The van der Waals surface area contributed by atoms with Crippen molar-refractivity contribution in [3.8, 4) is 6.07 Å². The molecule has 0 aromatic heterocycles. The topological polar surface area (TPSA) is 27.0 Å². The molecule has 18 heavy (non-hydrogen) atoms. The van der Waals surface area contributed by atoms with E-state index in [1.165, 1.54) is 64.5 Å². The lowest BCUT2D eigenvalue weighted by Gasteiger charge is -2.59. The summed E-state index contributed by atoms with van der Waals surface area (Å²) in [5, 5.41) is 8.99. The van der Waals surface area contributed by atoms with Gasteiger partial charge in [-0.2, -0.15) is 5.26 Å². The SMILES string of the molecule is CCC1(CC#N)CCC(N2CC3(CCC3)C2)CC1. The maximum atomic E-state index is 8.99. The van der Waals surface area contributed by atoms with E-state index in [0.717, 1.165) is 17.9 Å². The smallest absolute Gasteiger partial charge is 0.0627 e. The van der Waals surface area contributed by atoms with Gasteiger partial charge in [-0.25, -0.2) is 0 Å². The first kappa shape index (κ1) is 12.5. The van der Waals surface area contributed by atoms with E-state index in [9.17, 15) is 0 Å². The van der Waals surface area contributed by atoms with Gasteiger partial charge in [0.15, 0.2) is 0 Å². The van der Waals surface area contributed by atoms with Crippen molar-refractivity contribution in [2.45, 2.75) is 70.8 Å². The van der Waals surface area contributed by atoms with Gasteiger partial charge in [-0.05, 0) is 55.8 Å². The third-order valence-electron chi connectivity index (χ3n) is 6.23.